The van der Waals surface area contributed by atoms with E-state index in [2.05, 4.69) is 25.1 Å². The molecule has 268 valence electrons. The lowest BCUT2D eigenvalue weighted by molar-refractivity contribution is -0.146. The molecule has 2 fully saturated rings. The number of fused-ring (bicyclic) bond motifs is 2. The van der Waals surface area contributed by atoms with Crippen molar-refractivity contribution in [3.63, 3.8) is 0 Å². The molecule has 6 atom stereocenters. The van der Waals surface area contributed by atoms with Crippen molar-refractivity contribution >= 4 is 42.9 Å². The number of nitrogens with one attached hydrogen (secondary N) is 2. The molecule has 0 aromatic carbocycles. The molecule has 4 heterocycles. The lowest BCUT2D eigenvalue weighted by atomic mass is 9.96. The Morgan fingerprint density at radius 2 is 1.65 bits per heavy atom. The molecule has 4 N–H and O–H groups in total. The van der Waals surface area contributed by atoms with Gasteiger partial charge in [0.15, 0.2) is 29.1 Å². The smallest absolute Gasteiger partial charge is 0.479 e. The third-order valence-corrected chi connectivity index (χ3v) is 9.52. The van der Waals surface area contributed by atoms with E-state index in [0.29, 0.717) is 0 Å². The number of ether oxygens (including phenoxy) is 6. The van der Waals surface area contributed by atoms with Gasteiger partial charge in [-0.2, -0.15) is 9.97 Å². The number of rotatable bonds is 17. The quantitative estimate of drug-likeness (QED) is 0.122. The van der Waals surface area contributed by atoms with Crippen LogP contribution >= 0.6 is 7.67 Å². The number of methoxy groups -OCH3 is 1. The third kappa shape index (κ3) is 8.17. The summed E-state index contributed by atoms with van der Waals surface area (Å²) in [7, 11) is -2.89. The SMILES string of the molecule is CCOC(=O)C(CC(C)C)NP(=O)(NC(CC(C)C)C(=O)OCC)OC[C@H]1O[C@@H](n2cnc3c(OC)nc(N)nc32)C2(C)OC(=O)OC12. The molecule has 4 unspecified atom stereocenters. The number of nitrogens with two attached hydrogens (primary N) is 1. The molecule has 0 bridgehead atoms. The Morgan fingerprint density at radius 1 is 1.06 bits per heavy atom. The first-order valence-corrected chi connectivity index (χ1v) is 17.5. The molecule has 0 amide bonds. The van der Waals surface area contributed by atoms with Crippen molar-refractivity contribution < 1.29 is 51.9 Å². The summed E-state index contributed by atoms with van der Waals surface area (Å²) in [5.41, 5.74) is 5.00. The monoisotopic (exact) mass is 699 g/mol. The molecule has 4 rings (SSSR count). The number of aromatic nitrogens is 4. The molecule has 2 aromatic heterocycles. The zero-order valence-corrected chi connectivity index (χ0v) is 29.4. The number of carbonyl (C=O) groups is 3. The number of imidazole rings is 1. The second-order valence-corrected chi connectivity index (χ2v) is 14.4. The molecule has 19 heteroatoms. The van der Waals surface area contributed by atoms with Crippen molar-refractivity contribution in [3.8, 4) is 5.88 Å². The largest absolute Gasteiger partial charge is 0.509 e. The Morgan fingerprint density at radius 3 is 2.17 bits per heavy atom. The molecule has 2 saturated heterocycles. The summed E-state index contributed by atoms with van der Waals surface area (Å²) < 4.78 is 55.5. The maximum Gasteiger partial charge on any atom is 0.509 e. The lowest BCUT2D eigenvalue weighted by Gasteiger charge is -2.30. The van der Waals surface area contributed by atoms with Gasteiger partial charge in [-0.25, -0.2) is 20.0 Å². The van der Waals surface area contributed by atoms with Gasteiger partial charge in [0.05, 0.1) is 33.3 Å². The van der Waals surface area contributed by atoms with Crippen LogP contribution in [-0.4, -0.2) is 94.4 Å². The average molecular weight is 700 g/mol. The minimum Gasteiger partial charge on any atom is -0.479 e. The van der Waals surface area contributed by atoms with Crippen LogP contribution in [-0.2, 0) is 42.4 Å². The molecular weight excluding hydrogens is 653 g/mol. The van der Waals surface area contributed by atoms with Crippen molar-refractivity contribution in [1.29, 1.82) is 0 Å². The van der Waals surface area contributed by atoms with E-state index >= 15 is 0 Å². The standard InChI is InChI=1S/C29H46N7O11P/c1-9-42-24(37)17(11-15(3)4)34-48(40,35-18(12-16(5)6)25(38)43-10-2)44-13-19-21-29(7,47-28(39)46-21)26(45-19)36-14-31-20-22(36)32-27(30)33-23(20)41-8/h14-19,21,26H,9-13H2,1-8H3,(H2,30,32,33)(H2,34,35,40)/t17?,18?,19-,21?,26-,29?,48?/m1/s1. The van der Waals surface area contributed by atoms with Gasteiger partial charge in [-0.1, -0.05) is 27.7 Å². The molecule has 0 radical (unpaired) electrons. The van der Waals surface area contributed by atoms with Crippen molar-refractivity contribution in [2.75, 3.05) is 32.7 Å². The van der Waals surface area contributed by atoms with E-state index in [0.717, 1.165) is 0 Å². The first kappa shape index (κ1) is 37.3. The van der Waals surface area contributed by atoms with Crippen molar-refractivity contribution in [2.24, 2.45) is 11.8 Å². The van der Waals surface area contributed by atoms with Crippen molar-refractivity contribution in [1.82, 2.24) is 29.7 Å². The zero-order valence-electron chi connectivity index (χ0n) is 28.5. The van der Waals surface area contributed by atoms with Crippen LogP contribution in [0.25, 0.3) is 11.2 Å². The van der Waals surface area contributed by atoms with Crippen LogP contribution in [0.3, 0.4) is 0 Å². The number of hydrogen-bond donors (Lipinski definition) is 3. The van der Waals surface area contributed by atoms with E-state index in [-0.39, 0.29) is 60.9 Å². The van der Waals surface area contributed by atoms with E-state index in [1.807, 2.05) is 27.7 Å². The van der Waals surface area contributed by atoms with Gasteiger partial charge in [-0.15, -0.1) is 0 Å². The fourth-order valence-electron chi connectivity index (χ4n) is 5.71. The number of esters is 2. The molecule has 0 spiro atoms. The number of carbonyl (C=O) groups excluding carboxylic acids is 3. The van der Waals surface area contributed by atoms with Gasteiger partial charge in [0, 0.05) is 0 Å². The highest BCUT2D eigenvalue weighted by molar-refractivity contribution is 7.54. The molecule has 0 saturated carbocycles. The fraction of sp³-hybridized carbons (Fsp3) is 0.724. The van der Waals surface area contributed by atoms with Crippen LogP contribution in [0.15, 0.2) is 6.33 Å². The second-order valence-electron chi connectivity index (χ2n) is 12.5. The van der Waals surface area contributed by atoms with Gasteiger partial charge in [-0.3, -0.25) is 18.7 Å². The Balaban J connectivity index is 1.68. The molecule has 48 heavy (non-hydrogen) atoms. The van der Waals surface area contributed by atoms with E-state index in [1.165, 1.54) is 18.0 Å². The predicted molar refractivity (Wildman–Crippen MR) is 170 cm³/mol. The molecular formula is C29H46N7O11P. The van der Waals surface area contributed by atoms with Crippen molar-refractivity contribution in [3.05, 3.63) is 6.33 Å². The van der Waals surface area contributed by atoms with Crippen LogP contribution < -0.4 is 20.6 Å². The summed E-state index contributed by atoms with van der Waals surface area (Å²) in [5.74, 6) is -1.25. The van der Waals surface area contributed by atoms with Gasteiger partial charge in [-0.05, 0) is 45.4 Å². The topological polar surface area (TPSA) is 227 Å². The highest BCUT2D eigenvalue weighted by atomic mass is 31.2. The second kappa shape index (κ2) is 15.3. The molecule has 2 aromatic rings. The van der Waals surface area contributed by atoms with E-state index in [9.17, 15) is 18.9 Å². The molecule has 18 nitrogen and oxygen atoms in total. The first-order chi connectivity index (χ1) is 22.6. The minimum absolute atomic E-state index is 0.00645. The predicted octanol–water partition coefficient (Wildman–Crippen LogP) is 2.87. The zero-order chi connectivity index (χ0) is 35.4. The summed E-state index contributed by atoms with van der Waals surface area (Å²) in [6, 6.07) is -2.12. The number of nitrogen functional groups attached to an aromatic ring is 1. The number of nitrogens with zero attached hydrogens (tertiary/aromatic N) is 4. The Labute approximate surface area is 278 Å². The van der Waals surface area contributed by atoms with Gasteiger partial charge < -0.3 is 38.7 Å². The molecule has 2 aliphatic heterocycles. The average Bonchev–Trinajstić information content (AvgIpc) is 3.63. The summed E-state index contributed by atoms with van der Waals surface area (Å²) in [4.78, 5) is 51.1. The van der Waals surface area contributed by atoms with Gasteiger partial charge >= 0.3 is 25.8 Å². The van der Waals surface area contributed by atoms with Crippen LogP contribution in [0.4, 0.5) is 10.7 Å². The summed E-state index contributed by atoms with van der Waals surface area (Å²) in [6.07, 6.45) is -2.21. The maximum atomic E-state index is 14.7. The lowest BCUT2D eigenvalue weighted by Crippen LogP contribution is -2.46. The Bertz CT molecular complexity index is 1480. The highest BCUT2D eigenvalue weighted by Crippen LogP contribution is 2.49. The van der Waals surface area contributed by atoms with Crippen molar-refractivity contribution in [2.45, 2.75) is 97.4 Å². The van der Waals surface area contributed by atoms with Crippen LogP contribution in [0.5, 0.6) is 5.88 Å². The van der Waals surface area contributed by atoms with E-state index < -0.39 is 68.5 Å². The molecule has 2 aliphatic rings. The first-order valence-electron chi connectivity index (χ1n) is 15.9. The maximum absolute atomic E-state index is 14.7. The summed E-state index contributed by atoms with van der Waals surface area (Å²) in [6.45, 7) is 12.3. The Kier molecular flexibility index (Phi) is 11.9. The van der Waals surface area contributed by atoms with Crippen LogP contribution in [0.2, 0.25) is 0 Å². The number of anilines is 1. The highest BCUT2D eigenvalue weighted by Gasteiger charge is 2.64. The van der Waals surface area contributed by atoms with E-state index in [4.69, 9.17) is 38.7 Å². The van der Waals surface area contributed by atoms with Gasteiger partial charge in [0.2, 0.25) is 11.8 Å². The minimum atomic E-state index is -4.30. The van der Waals surface area contributed by atoms with Crippen LogP contribution in [0.1, 0.15) is 67.5 Å². The number of hydrogen-bond acceptors (Lipinski definition) is 15. The summed E-state index contributed by atoms with van der Waals surface area (Å²) in [5, 5.41) is 5.63. The molecule has 0 aliphatic carbocycles. The summed E-state index contributed by atoms with van der Waals surface area (Å²) >= 11 is 0. The normalized spacial score (nSPS) is 24.5. The van der Waals surface area contributed by atoms with Gasteiger partial charge in [0.1, 0.15) is 18.2 Å². The van der Waals surface area contributed by atoms with Gasteiger partial charge in [0.25, 0.3) is 0 Å². The fourth-order valence-corrected chi connectivity index (χ4v) is 7.53. The third-order valence-electron chi connectivity index (χ3n) is 7.70. The Hall–Kier alpha value is -3.57. The van der Waals surface area contributed by atoms with E-state index in [1.54, 1.807) is 20.8 Å². The van der Waals surface area contributed by atoms with Crippen LogP contribution in [0, 0.1) is 11.8 Å².